The Balaban J connectivity index is 1.66. The maximum Gasteiger partial charge on any atom is 0.265 e. The zero-order valence-corrected chi connectivity index (χ0v) is 12.5. The molecular weight excluding hydrogens is 276 g/mol. The van der Waals surface area contributed by atoms with Crippen LogP contribution in [0.5, 0.6) is 0 Å². The van der Waals surface area contributed by atoms with Gasteiger partial charge in [-0.1, -0.05) is 25.2 Å². The highest BCUT2D eigenvalue weighted by Gasteiger charge is 2.48. The molecular formula is C13H20N4O2S. The van der Waals surface area contributed by atoms with Crippen molar-refractivity contribution in [3.05, 3.63) is 4.88 Å². The first-order chi connectivity index (χ1) is 9.38. The topological polar surface area (TPSA) is 100 Å². The number of hydrogen-bond donors (Lipinski definition) is 4. The predicted octanol–water partition coefficient (Wildman–Crippen LogP) is 1.19. The number of aliphatic hydroxyl groups is 1. The maximum atomic E-state index is 12.2. The molecule has 6 nitrogen and oxygen atoms in total. The summed E-state index contributed by atoms with van der Waals surface area (Å²) in [5.41, 5.74) is 5.53. The molecule has 1 aromatic heterocycles. The SMILES string of the molecule is CC1(C)C(O)CC1NC(=O)c1sc(NC2CC2)nc1N. The van der Waals surface area contributed by atoms with Gasteiger partial charge in [0.25, 0.3) is 5.91 Å². The van der Waals surface area contributed by atoms with Crippen molar-refractivity contribution < 1.29 is 9.90 Å². The molecule has 0 bridgehead atoms. The van der Waals surface area contributed by atoms with Crippen molar-refractivity contribution in [1.82, 2.24) is 10.3 Å². The third-order valence-corrected chi connectivity index (χ3v) is 5.29. The van der Waals surface area contributed by atoms with Crippen LogP contribution in [-0.4, -0.2) is 34.2 Å². The number of nitrogens with two attached hydrogens (primary N) is 1. The summed E-state index contributed by atoms with van der Waals surface area (Å²) in [5.74, 6) is 0.0714. The highest BCUT2D eigenvalue weighted by atomic mass is 32.1. The number of aromatic nitrogens is 1. The van der Waals surface area contributed by atoms with Gasteiger partial charge in [0.1, 0.15) is 10.7 Å². The van der Waals surface area contributed by atoms with Gasteiger partial charge in [-0.05, 0) is 19.3 Å². The molecule has 1 heterocycles. The van der Waals surface area contributed by atoms with Crippen LogP contribution >= 0.6 is 11.3 Å². The molecule has 1 aromatic rings. The van der Waals surface area contributed by atoms with Crippen LogP contribution in [-0.2, 0) is 0 Å². The summed E-state index contributed by atoms with van der Waals surface area (Å²) >= 11 is 1.29. The molecule has 3 rings (SSSR count). The molecule has 2 fully saturated rings. The number of amides is 1. The van der Waals surface area contributed by atoms with E-state index in [1.54, 1.807) is 0 Å². The summed E-state index contributed by atoms with van der Waals surface area (Å²) in [7, 11) is 0. The van der Waals surface area contributed by atoms with Gasteiger partial charge in [0.05, 0.1) is 6.10 Å². The molecule has 110 valence electrons. The first-order valence-corrected chi connectivity index (χ1v) is 7.71. The Morgan fingerprint density at radius 1 is 1.50 bits per heavy atom. The smallest absolute Gasteiger partial charge is 0.265 e. The largest absolute Gasteiger partial charge is 0.392 e. The first-order valence-electron chi connectivity index (χ1n) is 6.89. The molecule has 2 aliphatic rings. The van der Waals surface area contributed by atoms with Gasteiger partial charge in [0, 0.05) is 17.5 Å². The Morgan fingerprint density at radius 3 is 2.75 bits per heavy atom. The Hall–Kier alpha value is -1.34. The van der Waals surface area contributed by atoms with Gasteiger partial charge in [-0.2, -0.15) is 0 Å². The normalized spacial score (nSPS) is 27.8. The standard InChI is InChI=1S/C13H20N4O2S/c1-13(2)7(5-8(13)18)16-11(19)9-10(14)17-12(20-9)15-6-3-4-6/h6-8,18H,3-5,14H2,1-2H3,(H,15,17)(H,16,19). The van der Waals surface area contributed by atoms with E-state index in [0.717, 1.165) is 12.8 Å². The van der Waals surface area contributed by atoms with Crippen molar-refractivity contribution in [3.8, 4) is 0 Å². The van der Waals surface area contributed by atoms with Gasteiger partial charge >= 0.3 is 0 Å². The highest BCUT2D eigenvalue weighted by molar-refractivity contribution is 7.18. The van der Waals surface area contributed by atoms with Crippen LogP contribution in [0, 0.1) is 5.41 Å². The average molecular weight is 296 g/mol. The lowest BCUT2D eigenvalue weighted by atomic mass is 9.64. The van der Waals surface area contributed by atoms with E-state index in [2.05, 4.69) is 15.6 Å². The van der Waals surface area contributed by atoms with Crippen molar-refractivity contribution in [2.45, 2.75) is 51.3 Å². The van der Waals surface area contributed by atoms with E-state index >= 15 is 0 Å². The molecule has 0 saturated heterocycles. The Labute approximate surface area is 121 Å². The fourth-order valence-electron chi connectivity index (χ4n) is 2.33. The van der Waals surface area contributed by atoms with Crippen molar-refractivity contribution >= 4 is 28.2 Å². The van der Waals surface area contributed by atoms with E-state index in [-0.39, 0.29) is 29.3 Å². The van der Waals surface area contributed by atoms with E-state index in [1.165, 1.54) is 11.3 Å². The lowest BCUT2D eigenvalue weighted by molar-refractivity contribution is -0.0689. The van der Waals surface area contributed by atoms with Crippen molar-refractivity contribution in [1.29, 1.82) is 0 Å². The molecule has 0 spiro atoms. The number of nitrogen functional groups attached to an aromatic ring is 1. The Bertz CT molecular complexity index is 538. The zero-order valence-electron chi connectivity index (χ0n) is 11.6. The van der Waals surface area contributed by atoms with Gasteiger partial charge < -0.3 is 21.5 Å². The van der Waals surface area contributed by atoms with E-state index < -0.39 is 0 Å². The van der Waals surface area contributed by atoms with Crippen LogP contribution < -0.4 is 16.4 Å². The third-order valence-electron chi connectivity index (χ3n) is 4.29. The first kappa shape index (κ1) is 13.6. The van der Waals surface area contributed by atoms with Crippen molar-refractivity contribution in [3.63, 3.8) is 0 Å². The summed E-state index contributed by atoms with van der Waals surface area (Å²) in [4.78, 5) is 16.9. The van der Waals surface area contributed by atoms with E-state index in [4.69, 9.17) is 5.73 Å². The second-order valence-electron chi connectivity index (χ2n) is 6.25. The monoisotopic (exact) mass is 296 g/mol. The minimum atomic E-state index is -0.362. The van der Waals surface area contributed by atoms with Gasteiger partial charge in [0.15, 0.2) is 5.13 Å². The lowest BCUT2D eigenvalue weighted by Gasteiger charge is -2.49. The number of rotatable bonds is 4. The summed E-state index contributed by atoms with van der Waals surface area (Å²) in [6.45, 7) is 3.89. The molecule has 20 heavy (non-hydrogen) atoms. The fourth-order valence-corrected chi connectivity index (χ4v) is 3.19. The number of carbonyl (C=O) groups excluding carboxylic acids is 1. The summed E-state index contributed by atoms with van der Waals surface area (Å²) in [5, 5.41) is 16.6. The van der Waals surface area contributed by atoms with Crippen LogP contribution in [0.3, 0.4) is 0 Å². The maximum absolute atomic E-state index is 12.2. The minimum Gasteiger partial charge on any atom is -0.392 e. The molecule has 2 saturated carbocycles. The zero-order chi connectivity index (χ0) is 14.5. The van der Waals surface area contributed by atoms with Gasteiger partial charge in [0.2, 0.25) is 0 Å². The van der Waals surface area contributed by atoms with E-state index in [0.29, 0.717) is 22.5 Å². The Kier molecular flexibility index (Phi) is 3.13. The van der Waals surface area contributed by atoms with Crippen molar-refractivity contribution in [2.24, 2.45) is 5.41 Å². The molecule has 5 N–H and O–H groups in total. The fraction of sp³-hybridized carbons (Fsp3) is 0.692. The second-order valence-corrected chi connectivity index (χ2v) is 7.25. The molecule has 1 amide bonds. The number of nitrogens with zero attached hydrogens (tertiary/aromatic N) is 1. The van der Waals surface area contributed by atoms with Crippen LogP contribution in [0.25, 0.3) is 0 Å². The lowest BCUT2D eigenvalue weighted by Crippen LogP contribution is -2.61. The van der Waals surface area contributed by atoms with Crippen molar-refractivity contribution in [2.75, 3.05) is 11.1 Å². The number of nitrogens with one attached hydrogen (secondary N) is 2. The quantitative estimate of drug-likeness (QED) is 0.669. The number of carbonyl (C=O) groups is 1. The van der Waals surface area contributed by atoms with E-state index in [1.807, 2.05) is 13.8 Å². The molecule has 7 heteroatoms. The van der Waals surface area contributed by atoms with Gasteiger partial charge in [-0.3, -0.25) is 4.79 Å². The number of thiazole rings is 1. The third kappa shape index (κ3) is 2.35. The molecule has 0 aromatic carbocycles. The van der Waals surface area contributed by atoms with E-state index in [9.17, 15) is 9.90 Å². The summed E-state index contributed by atoms with van der Waals surface area (Å²) in [6.07, 6.45) is 2.52. The second kappa shape index (κ2) is 4.60. The number of aliphatic hydroxyl groups excluding tert-OH is 1. The van der Waals surface area contributed by atoms with Gasteiger partial charge in [-0.15, -0.1) is 0 Å². The molecule has 0 radical (unpaired) electrons. The number of anilines is 2. The Morgan fingerprint density at radius 2 is 2.20 bits per heavy atom. The average Bonchev–Trinajstić information content (AvgIpc) is 3.11. The molecule has 2 unspecified atom stereocenters. The minimum absolute atomic E-state index is 0.0219. The predicted molar refractivity (Wildman–Crippen MR) is 78.8 cm³/mol. The molecule has 0 aliphatic heterocycles. The van der Waals surface area contributed by atoms with Crippen LogP contribution in [0.1, 0.15) is 42.8 Å². The summed E-state index contributed by atoms with van der Waals surface area (Å²) in [6, 6.07) is 0.462. The number of hydrogen-bond acceptors (Lipinski definition) is 6. The van der Waals surface area contributed by atoms with Gasteiger partial charge in [-0.25, -0.2) is 4.98 Å². The highest BCUT2D eigenvalue weighted by Crippen LogP contribution is 2.41. The van der Waals surface area contributed by atoms with Crippen LogP contribution in [0.2, 0.25) is 0 Å². The summed E-state index contributed by atoms with van der Waals surface area (Å²) < 4.78 is 0. The molecule has 2 aliphatic carbocycles. The molecule has 2 atom stereocenters. The van der Waals surface area contributed by atoms with Crippen LogP contribution in [0.4, 0.5) is 10.9 Å². The van der Waals surface area contributed by atoms with Crippen LogP contribution in [0.15, 0.2) is 0 Å².